The third kappa shape index (κ3) is 8.93. The molecule has 0 spiro atoms. The van der Waals surface area contributed by atoms with E-state index < -0.39 is 67.2 Å². The standard InChI is InChI=1S/C14H28O5S.C6H12O6/c1-2-3-4-5-6-7-8-20-14-13(18)12(17)11(16)10(9-15)19-14;7-1-2-3(8)4(9)5(10)6(11)12-2/h10-18H,2-9H2,1H3;2-11H,1H2/t10-,11-,12+,13-,14?;2-,3-,4+,5-,6?/m11/s1. The Kier molecular flexibility index (Phi) is 14.7. The molecule has 192 valence electrons. The number of ether oxygens (including phenoxy) is 2. The number of aliphatic hydroxyl groups excluding tert-OH is 9. The third-order valence-corrected chi connectivity index (χ3v) is 6.74. The number of unbranched alkanes of at least 4 members (excludes halogenated alkanes) is 5. The van der Waals surface area contributed by atoms with Crippen molar-refractivity contribution in [2.45, 2.75) is 106 Å². The minimum absolute atomic E-state index is 0.362. The van der Waals surface area contributed by atoms with E-state index in [1.165, 1.54) is 37.4 Å². The predicted octanol–water partition coefficient (Wildman–Crippen LogP) is -2.34. The second-order valence-corrected chi connectivity index (χ2v) is 9.26. The fourth-order valence-electron chi connectivity index (χ4n) is 3.37. The second kappa shape index (κ2) is 15.7. The van der Waals surface area contributed by atoms with Crippen LogP contribution in [0.15, 0.2) is 0 Å². The van der Waals surface area contributed by atoms with Crippen molar-refractivity contribution < 1.29 is 55.4 Å². The van der Waals surface area contributed by atoms with Gasteiger partial charge in [0.15, 0.2) is 6.29 Å². The van der Waals surface area contributed by atoms with Crippen molar-refractivity contribution in [3.05, 3.63) is 0 Å². The molecule has 32 heavy (non-hydrogen) atoms. The Bertz CT molecular complexity index is 482. The maximum Gasteiger partial charge on any atom is 0.184 e. The highest BCUT2D eigenvalue weighted by Gasteiger charge is 2.43. The normalized spacial score (nSPS) is 39.9. The summed E-state index contributed by atoms with van der Waals surface area (Å²) in [4.78, 5) is 0. The summed E-state index contributed by atoms with van der Waals surface area (Å²) in [6.45, 7) is 1.30. The smallest absolute Gasteiger partial charge is 0.184 e. The van der Waals surface area contributed by atoms with Crippen molar-refractivity contribution in [1.29, 1.82) is 0 Å². The van der Waals surface area contributed by atoms with E-state index in [4.69, 9.17) is 35.4 Å². The predicted molar refractivity (Wildman–Crippen MR) is 116 cm³/mol. The van der Waals surface area contributed by atoms with Crippen molar-refractivity contribution in [3.63, 3.8) is 0 Å². The lowest BCUT2D eigenvalue weighted by Crippen LogP contribution is -2.58. The van der Waals surface area contributed by atoms with E-state index in [0.29, 0.717) is 0 Å². The number of thioether (sulfide) groups is 1. The Morgan fingerprint density at radius 1 is 0.594 bits per heavy atom. The molecule has 0 aromatic carbocycles. The van der Waals surface area contributed by atoms with Crippen molar-refractivity contribution >= 4 is 11.8 Å². The molecule has 0 aromatic heterocycles. The average molecular weight is 489 g/mol. The number of hydrogen-bond acceptors (Lipinski definition) is 12. The lowest BCUT2D eigenvalue weighted by Gasteiger charge is -2.39. The Balaban J connectivity index is 0.000000363. The first kappa shape index (κ1) is 29.9. The summed E-state index contributed by atoms with van der Waals surface area (Å²) in [5.41, 5.74) is -0.582. The largest absolute Gasteiger partial charge is 0.394 e. The summed E-state index contributed by atoms with van der Waals surface area (Å²) in [6.07, 6.45) is -4.27. The molecule has 2 heterocycles. The monoisotopic (exact) mass is 488 g/mol. The van der Waals surface area contributed by atoms with Gasteiger partial charge in [0.1, 0.15) is 54.3 Å². The summed E-state index contributed by atoms with van der Waals surface area (Å²) in [5, 5.41) is 82.9. The fourth-order valence-corrected chi connectivity index (χ4v) is 4.55. The van der Waals surface area contributed by atoms with Crippen LogP contribution in [0.2, 0.25) is 0 Å². The van der Waals surface area contributed by atoms with Crippen LogP contribution in [-0.2, 0) is 9.47 Å². The molecular formula is C20H40O11S. The van der Waals surface area contributed by atoms with Gasteiger partial charge in [-0.25, -0.2) is 0 Å². The van der Waals surface area contributed by atoms with Crippen LogP contribution in [0.4, 0.5) is 0 Å². The van der Waals surface area contributed by atoms with Gasteiger partial charge in [-0.1, -0.05) is 39.0 Å². The van der Waals surface area contributed by atoms with E-state index >= 15 is 0 Å². The van der Waals surface area contributed by atoms with Crippen molar-refractivity contribution in [1.82, 2.24) is 0 Å². The zero-order valence-corrected chi connectivity index (χ0v) is 19.2. The first-order valence-corrected chi connectivity index (χ1v) is 12.1. The lowest BCUT2D eigenvalue weighted by molar-refractivity contribution is -0.286. The van der Waals surface area contributed by atoms with E-state index in [9.17, 15) is 15.3 Å². The Morgan fingerprint density at radius 2 is 1.09 bits per heavy atom. The molecule has 10 atom stereocenters. The molecule has 11 nitrogen and oxygen atoms in total. The van der Waals surface area contributed by atoms with E-state index in [1.807, 2.05) is 0 Å². The van der Waals surface area contributed by atoms with Gasteiger partial charge < -0.3 is 55.4 Å². The summed E-state index contributed by atoms with van der Waals surface area (Å²) < 4.78 is 10.0. The van der Waals surface area contributed by atoms with Gasteiger partial charge in [-0.15, -0.1) is 11.8 Å². The van der Waals surface area contributed by atoms with Crippen molar-refractivity contribution in [2.24, 2.45) is 0 Å². The molecule has 2 saturated heterocycles. The summed E-state index contributed by atoms with van der Waals surface area (Å²) in [6, 6.07) is 0. The maximum absolute atomic E-state index is 9.86. The summed E-state index contributed by atoms with van der Waals surface area (Å²) >= 11 is 1.44. The van der Waals surface area contributed by atoms with Crippen LogP contribution >= 0.6 is 11.8 Å². The molecule has 12 heteroatoms. The third-order valence-electron chi connectivity index (χ3n) is 5.50. The first-order chi connectivity index (χ1) is 15.2. The van der Waals surface area contributed by atoms with Crippen molar-refractivity contribution in [3.8, 4) is 0 Å². The fraction of sp³-hybridized carbons (Fsp3) is 1.00. The molecule has 2 rings (SSSR count). The zero-order chi connectivity index (χ0) is 24.3. The first-order valence-electron chi connectivity index (χ1n) is 11.1. The molecule has 2 unspecified atom stereocenters. The van der Waals surface area contributed by atoms with Gasteiger partial charge in [0.2, 0.25) is 0 Å². The topological polar surface area (TPSA) is 201 Å². The zero-order valence-electron chi connectivity index (χ0n) is 18.4. The highest BCUT2D eigenvalue weighted by molar-refractivity contribution is 7.99. The molecule has 9 N–H and O–H groups in total. The lowest BCUT2D eigenvalue weighted by atomic mass is 10.00. The molecule has 0 radical (unpaired) electrons. The Morgan fingerprint density at radius 3 is 1.66 bits per heavy atom. The van der Waals surface area contributed by atoms with Crippen LogP contribution in [0.1, 0.15) is 45.4 Å². The van der Waals surface area contributed by atoms with Crippen LogP contribution in [0, 0.1) is 0 Å². The van der Waals surface area contributed by atoms with Crippen LogP contribution < -0.4 is 0 Å². The van der Waals surface area contributed by atoms with Gasteiger partial charge in [-0.2, -0.15) is 0 Å². The van der Waals surface area contributed by atoms with Gasteiger partial charge >= 0.3 is 0 Å². The van der Waals surface area contributed by atoms with Crippen LogP contribution in [0.5, 0.6) is 0 Å². The number of aliphatic hydroxyl groups is 9. The number of rotatable bonds is 10. The van der Waals surface area contributed by atoms with Crippen molar-refractivity contribution in [2.75, 3.05) is 19.0 Å². The van der Waals surface area contributed by atoms with Gasteiger partial charge in [-0.05, 0) is 12.2 Å². The number of hydrogen-bond donors (Lipinski definition) is 9. The molecular weight excluding hydrogens is 448 g/mol. The second-order valence-electron chi connectivity index (χ2n) is 8.06. The molecule has 0 aliphatic carbocycles. The Hall–Kier alpha value is -0.0900. The Labute approximate surface area is 192 Å². The average Bonchev–Trinajstić information content (AvgIpc) is 2.79. The summed E-state index contributed by atoms with van der Waals surface area (Å²) in [5.74, 6) is 0.842. The van der Waals surface area contributed by atoms with Gasteiger partial charge in [0, 0.05) is 0 Å². The van der Waals surface area contributed by atoms with E-state index in [-0.39, 0.29) is 6.61 Å². The summed E-state index contributed by atoms with van der Waals surface area (Å²) in [7, 11) is 0. The molecule has 2 aliphatic heterocycles. The molecule has 0 saturated carbocycles. The maximum atomic E-state index is 9.86. The molecule has 2 fully saturated rings. The van der Waals surface area contributed by atoms with E-state index in [0.717, 1.165) is 18.6 Å². The quantitative estimate of drug-likeness (QED) is 0.149. The highest BCUT2D eigenvalue weighted by atomic mass is 32.2. The van der Waals surface area contributed by atoms with Crippen LogP contribution in [0.25, 0.3) is 0 Å². The molecule has 0 bridgehead atoms. The minimum atomic E-state index is -1.57. The highest BCUT2D eigenvalue weighted by Crippen LogP contribution is 2.29. The minimum Gasteiger partial charge on any atom is -0.394 e. The van der Waals surface area contributed by atoms with E-state index in [2.05, 4.69) is 11.7 Å². The SMILES string of the molecule is CCCCCCCCSC1O[C@H](CO)[C@@H](O)[C@H](O)[C@H]1O.OC[C@H]1OC(O)[C@H](O)[C@@H](O)[C@@H]1O. The van der Waals surface area contributed by atoms with Gasteiger partial charge in [0.05, 0.1) is 13.2 Å². The van der Waals surface area contributed by atoms with Gasteiger partial charge in [0.25, 0.3) is 0 Å². The molecule has 2 aliphatic rings. The van der Waals surface area contributed by atoms with E-state index in [1.54, 1.807) is 0 Å². The van der Waals surface area contributed by atoms with Crippen LogP contribution in [-0.4, -0.2) is 125 Å². The molecule has 0 amide bonds. The van der Waals surface area contributed by atoms with Gasteiger partial charge in [-0.3, -0.25) is 0 Å². The molecule has 0 aromatic rings. The van der Waals surface area contributed by atoms with Crippen LogP contribution in [0.3, 0.4) is 0 Å².